The lowest BCUT2D eigenvalue weighted by Gasteiger charge is -2.19. The molecule has 0 aromatic heterocycles. The first kappa shape index (κ1) is 58.3. The first-order chi connectivity index (χ1) is 28.8. The zero-order chi connectivity index (χ0) is 44.6. The van der Waals surface area contributed by atoms with Crippen LogP contribution >= 0.6 is 15.6 Å². The maximum absolute atomic E-state index is 12.1. The van der Waals surface area contributed by atoms with Gasteiger partial charge in [-0.3, -0.25) is 27.7 Å². The molecule has 0 fully saturated rings. The number of aliphatic hydroxyl groups is 3. The Morgan fingerprint density at radius 2 is 0.717 bits per heavy atom. The number of rotatable bonds is 43. The van der Waals surface area contributed by atoms with Gasteiger partial charge in [0, 0.05) is 12.8 Å². The fourth-order valence-electron chi connectivity index (χ4n) is 5.55. The molecule has 0 aromatic rings. The van der Waals surface area contributed by atoms with Gasteiger partial charge in [0.1, 0.15) is 31.5 Å². The molecule has 0 saturated heterocycles. The average molecular weight is 899 g/mol. The Balaban J connectivity index is 3.94. The number of ether oxygens (including phenoxy) is 2. The molecule has 5 atom stereocenters. The Bertz CT molecular complexity index is 1230. The summed E-state index contributed by atoms with van der Waals surface area (Å²) >= 11 is 0. The summed E-state index contributed by atoms with van der Waals surface area (Å²) in [7, 11) is -9.57. The number of carbonyl (C=O) groups is 2. The van der Waals surface area contributed by atoms with Crippen LogP contribution in [0.25, 0.3) is 0 Å². The van der Waals surface area contributed by atoms with E-state index in [0.717, 1.165) is 70.6 Å². The molecule has 0 radical (unpaired) electrons. The molecule has 0 amide bonds. The van der Waals surface area contributed by atoms with Crippen molar-refractivity contribution in [1.29, 1.82) is 0 Å². The lowest BCUT2D eigenvalue weighted by atomic mass is 10.1. The molecular weight excluding hydrogens is 818 g/mol. The topological polar surface area (TPSA) is 225 Å². The molecule has 0 aromatic carbocycles. The minimum absolute atomic E-state index is 0.176. The summed E-state index contributed by atoms with van der Waals surface area (Å²) in [5, 5.41) is 29.9. The fraction of sp³-hybridized carbons (Fsp3) is 0.814. The highest BCUT2D eigenvalue weighted by Crippen LogP contribution is 2.45. The summed E-state index contributed by atoms with van der Waals surface area (Å²) in [6, 6.07) is 0. The highest BCUT2D eigenvalue weighted by Gasteiger charge is 2.28. The van der Waals surface area contributed by atoms with E-state index >= 15 is 0 Å². The van der Waals surface area contributed by atoms with Crippen molar-refractivity contribution in [1.82, 2.24) is 0 Å². The van der Waals surface area contributed by atoms with Crippen molar-refractivity contribution in [2.24, 2.45) is 0 Å². The van der Waals surface area contributed by atoms with Crippen molar-refractivity contribution in [3.05, 3.63) is 36.5 Å². The van der Waals surface area contributed by atoms with Crippen LogP contribution in [0.3, 0.4) is 0 Å². The molecule has 17 heteroatoms. The van der Waals surface area contributed by atoms with Crippen LogP contribution in [0.1, 0.15) is 168 Å². The summed E-state index contributed by atoms with van der Waals surface area (Å²) in [6.45, 7) is 0.337. The Hall–Kier alpha value is -1.74. The minimum atomic E-state index is -4.78. The van der Waals surface area contributed by atoms with Gasteiger partial charge in [-0.2, -0.15) is 0 Å². The van der Waals surface area contributed by atoms with E-state index in [4.69, 9.17) is 9.47 Å². The molecule has 15 nitrogen and oxygen atoms in total. The van der Waals surface area contributed by atoms with Crippen molar-refractivity contribution in [2.45, 2.75) is 186 Å². The van der Waals surface area contributed by atoms with E-state index in [2.05, 4.69) is 68.4 Å². The molecular formula is C43H80O15P2. The number of unbranched alkanes of at least 4 members (excludes halogenated alkanes) is 18. The van der Waals surface area contributed by atoms with Gasteiger partial charge in [0.05, 0.1) is 26.4 Å². The van der Waals surface area contributed by atoms with E-state index in [1.807, 2.05) is 0 Å². The second-order valence-corrected chi connectivity index (χ2v) is 18.0. The average Bonchev–Trinajstić information content (AvgIpc) is 3.22. The third-order valence-corrected chi connectivity index (χ3v) is 11.0. The van der Waals surface area contributed by atoms with E-state index in [0.29, 0.717) is 12.8 Å². The number of aliphatic hydroxyl groups excluding tert-OH is 3. The van der Waals surface area contributed by atoms with Crippen molar-refractivity contribution in [3.63, 3.8) is 0 Å². The largest absolute Gasteiger partial charge is 0.472 e. The third-order valence-electron chi connectivity index (χ3n) is 9.10. The normalized spacial score (nSPS) is 15.7. The van der Waals surface area contributed by atoms with E-state index in [-0.39, 0.29) is 12.8 Å². The summed E-state index contributed by atoms with van der Waals surface area (Å²) in [5.41, 5.74) is 0. The highest BCUT2D eigenvalue weighted by atomic mass is 31.2. The number of allylic oxidation sites excluding steroid dienone is 6. The number of carbonyl (C=O) groups excluding carboxylic acids is 2. The van der Waals surface area contributed by atoms with E-state index < -0.39 is 85.5 Å². The second kappa shape index (κ2) is 40.1. The molecule has 5 N–H and O–H groups in total. The van der Waals surface area contributed by atoms with Crippen LogP contribution in [0.4, 0.5) is 0 Å². The Morgan fingerprint density at radius 1 is 0.433 bits per heavy atom. The molecule has 0 heterocycles. The van der Waals surface area contributed by atoms with Crippen LogP contribution < -0.4 is 0 Å². The number of hydrogen-bond donors (Lipinski definition) is 5. The van der Waals surface area contributed by atoms with Crippen LogP contribution in [0.5, 0.6) is 0 Å². The number of hydrogen-bond acceptors (Lipinski definition) is 13. The number of phosphoric ester groups is 2. The molecule has 60 heavy (non-hydrogen) atoms. The predicted molar refractivity (Wildman–Crippen MR) is 233 cm³/mol. The fourth-order valence-corrected chi connectivity index (χ4v) is 7.14. The molecule has 0 bridgehead atoms. The van der Waals surface area contributed by atoms with Crippen LogP contribution in [0.15, 0.2) is 36.5 Å². The summed E-state index contributed by atoms with van der Waals surface area (Å²) < 4.78 is 52.8. The molecule has 0 rings (SSSR count). The highest BCUT2D eigenvalue weighted by molar-refractivity contribution is 7.47. The van der Waals surface area contributed by atoms with Gasteiger partial charge in [0.2, 0.25) is 0 Å². The van der Waals surface area contributed by atoms with Crippen molar-refractivity contribution in [3.8, 4) is 0 Å². The van der Waals surface area contributed by atoms with Crippen molar-refractivity contribution < 1.29 is 71.4 Å². The van der Waals surface area contributed by atoms with Crippen LogP contribution in [0.2, 0.25) is 0 Å². The minimum Gasteiger partial charge on any atom is -0.463 e. The van der Waals surface area contributed by atoms with E-state index in [1.54, 1.807) is 0 Å². The standard InChI is InChI=1S/C43H80O15P2/c1-3-5-7-9-11-13-15-17-18-20-22-24-26-28-30-32-43(48)54-34-40(45)36-56-60(51,52)58-38-41(46)37-57-59(49,50)55-35-39(44)33-53-42(47)31-29-27-25-23-21-19-16-14-12-10-8-6-4-2/h11,13,15,17,19,21,39-41,44-46H,3-10,12,14,16,18,20,22-38H2,1-2H3,(H,49,50)(H,51,52)/b13-11+,17-15+,21-19-. The van der Waals surface area contributed by atoms with Crippen molar-refractivity contribution >= 4 is 27.6 Å². The number of phosphoric acid groups is 2. The van der Waals surface area contributed by atoms with Gasteiger partial charge in [-0.05, 0) is 64.2 Å². The Labute approximate surface area is 360 Å². The smallest absolute Gasteiger partial charge is 0.463 e. The predicted octanol–water partition coefficient (Wildman–Crippen LogP) is 9.49. The Morgan fingerprint density at radius 3 is 1.12 bits per heavy atom. The lowest BCUT2D eigenvalue weighted by Crippen LogP contribution is -2.25. The van der Waals surface area contributed by atoms with Gasteiger partial charge >= 0.3 is 27.6 Å². The molecule has 352 valence electrons. The van der Waals surface area contributed by atoms with E-state index in [9.17, 15) is 43.8 Å². The molecule has 0 spiro atoms. The summed E-state index contributed by atoms with van der Waals surface area (Å²) in [4.78, 5) is 43.6. The molecule has 0 aliphatic carbocycles. The molecule has 0 saturated carbocycles. The summed E-state index contributed by atoms with van der Waals surface area (Å²) in [6.07, 6.45) is 32.8. The Kier molecular flexibility index (Phi) is 38.9. The van der Waals surface area contributed by atoms with Crippen LogP contribution in [-0.4, -0.2) is 95.0 Å². The summed E-state index contributed by atoms with van der Waals surface area (Å²) in [5.74, 6) is -1.02. The van der Waals surface area contributed by atoms with Gasteiger partial charge < -0.3 is 34.6 Å². The maximum Gasteiger partial charge on any atom is 0.472 e. The third kappa shape index (κ3) is 41.6. The lowest BCUT2D eigenvalue weighted by molar-refractivity contribution is -0.148. The van der Waals surface area contributed by atoms with Crippen LogP contribution in [0, 0.1) is 0 Å². The van der Waals surface area contributed by atoms with Gasteiger partial charge in [0.15, 0.2) is 0 Å². The zero-order valence-corrected chi connectivity index (χ0v) is 38.4. The monoisotopic (exact) mass is 898 g/mol. The SMILES string of the molecule is CCCCC/C=C/C=C/CCCCCCCCC(=O)OCC(O)COP(=O)(O)OCC(O)COP(=O)(O)OCC(O)COC(=O)CCCCC/C=C\CCCCCCCC. The zero-order valence-electron chi connectivity index (χ0n) is 36.6. The molecule has 5 unspecified atom stereocenters. The van der Waals surface area contributed by atoms with Gasteiger partial charge in [-0.25, -0.2) is 9.13 Å². The van der Waals surface area contributed by atoms with Gasteiger partial charge in [0.25, 0.3) is 0 Å². The quantitative estimate of drug-likeness (QED) is 0.0126. The first-order valence-electron chi connectivity index (χ1n) is 22.4. The van der Waals surface area contributed by atoms with Gasteiger partial charge in [-0.1, -0.05) is 127 Å². The van der Waals surface area contributed by atoms with E-state index in [1.165, 1.54) is 57.8 Å². The molecule has 0 aliphatic rings. The second-order valence-electron chi connectivity index (χ2n) is 15.1. The number of esters is 2. The van der Waals surface area contributed by atoms with Crippen molar-refractivity contribution in [2.75, 3.05) is 39.6 Å². The van der Waals surface area contributed by atoms with Gasteiger partial charge in [-0.15, -0.1) is 0 Å². The first-order valence-corrected chi connectivity index (χ1v) is 25.3. The maximum atomic E-state index is 12.1. The molecule has 0 aliphatic heterocycles. The van der Waals surface area contributed by atoms with Crippen LogP contribution in [-0.2, 0) is 46.3 Å².